The van der Waals surface area contributed by atoms with Gasteiger partial charge in [-0.2, -0.15) is 0 Å². The zero-order chi connectivity index (χ0) is 13.1. The molecule has 6 nitrogen and oxygen atoms in total. The molecular formula is C9H19NO5S2. The van der Waals surface area contributed by atoms with Gasteiger partial charge in [-0.15, -0.1) is 0 Å². The van der Waals surface area contributed by atoms with E-state index in [-0.39, 0.29) is 23.9 Å². The number of sulfonamides is 1. The number of hydrogen-bond donors (Lipinski definition) is 1. The highest BCUT2D eigenvalue weighted by Gasteiger charge is 2.35. The van der Waals surface area contributed by atoms with E-state index < -0.39 is 25.9 Å². The molecule has 17 heavy (non-hydrogen) atoms. The van der Waals surface area contributed by atoms with Crippen LogP contribution in [0.4, 0.5) is 0 Å². The Morgan fingerprint density at radius 1 is 1.35 bits per heavy atom. The highest BCUT2D eigenvalue weighted by molar-refractivity contribution is 7.92. The molecule has 0 aromatic heterocycles. The monoisotopic (exact) mass is 285 g/mol. The molecule has 0 amide bonds. The van der Waals surface area contributed by atoms with Crippen LogP contribution in [0.25, 0.3) is 0 Å². The Kier molecular flexibility index (Phi) is 4.94. The summed E-state index contributed by atoms with van der Waals surface area (Å²) in [4.78, 5) is 0. The van der Waals surface area contributed by atoms with E-state index in [1.54, 1.807) is 0 Å². The van der Waals surface area contributed by atoms with E-state index in [0.717, 1.165) is 0 Å². The minimum Gasteiger partial charge on any atom is -0.396 e. The van der Waals surface area contributed by atoms with E-state index in [1.165, 1.54) is 11.4 Å². The van der Waals surface area contributed by atoms with Crippen LogP contribution in [-0.2, 0) is 19.9 Å². The molecule has 1 aliphatic heterocycles. The number of hydrogen-bond acceptors (Lipinski definition) is 5. The van der Waals surface area contributed by atoms with Crippen LogP contribution in [0.15, 0.2) is 0 Å². The zero-order valence-corrected chi connectivity index (χ0v) is 11.5. The molecule has 1 aliphatic rings. The topological polar surface area (TPSA) is 91.8 Å². The number of sulfone groups is 1. The third-order valence-electron chi connectivity index (χ3n) is 2.97. The van der Waals surface area contributed by atoms with Crippen molar-refractivity contribution >= 4 is 19.9 Å². The first kappa shape index (κ1) is 14.9. The lowest BCUT2D eigenvalue weighted by Crippen LogP contribution is -2.39. The Labute approximate surface area is 103 Å². The largest absolute Gasteiger partial charge is 0.396 e. The van der Waals surface area contributed by atoms with Gasteiger partial charge in [0.05, 0.1) is 17.3 Å². The van der Waals surface area contributed by atoms with Crippen LogP contribution in [0.1, 0.15) is 19.3 Å². The quantitative estimate of drug-likeness (QED) is 0.646. The summed E-state index contributed by atoms with van der Waals surface area (Å²) in [6.07, 6.45) is 1.21. The molecule has 1 unspecified atom stereocenters. The standard InChI is InChI=1S/C9H19NO5S2/c1-10(9-4-7-16(12,13)8-9)17(14,15)6-3-2-5-11/h9,11H,2-8H2,1H3. The fourth-order valence-corrected chi connectivity index (χ4v) is 5.19. The van der Waals surface area contributed by atoms with Gasteiger partial charge in [-0.3, -0.25) is 0 Å². The van der Waals surface area contributed by atoms with Gasteiger partial charge < -0.3 is 5.11 Å². The van der Waals surface area contributed by atoms with Crippen molar-refractivity contribution in [2.75, 3.05) is 30.9 Å². The lowest BCUT2D eigenvalue weighted by Gasteiger charge is -2.22. The van der Waals surface area contributed by atoms with Crippen molar-refractivity contribution in [3.63, 3.8) is 0 Å². The Bertz CT molecular complexity index is 442. The van der Waals surface area contributed by atoms with Gasteiger partial charge in [0.25, 0.3) is 0 Å². The summed E-state index contributed by atoms with van der Waals surface area (Å²) >= 11 is 0. The zero-order valence-electron chi connectivity index (χ0n) is 9.87. The van der Waals surface area contributed by atoms with Crippen molar-refractivity contribution in [2.24, 2.45) is 0 Å². The fraction of sp³-hybridized carbons (Fsp3) is 1.00. The molecule has 0 spiro atoms. The second-order valence-electron chi connectivity index (χ2n) is 4.32. The van der Waals surface area contributed by atoms with Gasteiger partial charge in [0.1, 0.15) is 0 Å². The Morgan fingerprint density at radius 2 is 2.00 bits per heavy atom. The summed E-state index contributed by atoms with van der Waals surface area (Å²) in [6, 6.07) is -0.431. The van der Waals surface area contributed by atoms with Crippen LogP contribution in [0.2, 0.25) is 0 Å². The van der Waals surface area contributed by atoms with Crippen LogP contribution in [0.3, 0.4) is 0 Å². The Balaban J connectivity index is 2.60. The molecule has 0 aliphatic carbocycles. The molecule has 0 bridgehead atoms. The molecule has 0 aromatic carbocycles. The fourth-order valence-electron chi connectivity index (χ4n) is 1.83. The van der Waals surface area contributed by atoms with Crippen molar-refractivity contribution < 1.29 is 21.9 Å². The minimum absolute atomic E-state index is 0.0307. The lowest BCUT2D eigenvalue weighted by molar-refractivity contribution is 0.286. The third-order valence-corrected chi connectivity index (χ3v) is 6.70. The summed E-state index contributed by atoms with van der Waals surface area (Å²) < 4.78 is 47.4. The van der Waals surface area contributed by atoms with Gasteiger partial charge in [0, 0.05) is 19.7 Å². The van der Waals surface area contributed by atoms with Crippen molar-refractivity contribution in [3.05, 3.63) is 0 Å². The van der Waals surface area contributed by atoms with Gasteiger partial charge in [0.15, 0.2) is 9.84 Å². The molecule has 1 fully saturated rings. The number of aliphatic hydroxyl groups is 1. The normalized spacial score (nSPS) is 24.3. The highest BCUT2D eigenvalue weighted by Crippen LogP contribution is 2.19. The summed E-state index contributed by atoms with van der Waals surface area (Å²) in [5.74, 6) is -0.0580. The van der Waals surface area contributed by atoms with Crippen LogP contribution in [0.5, 0.6) is 0 Å². The van der Waals surface area contributed by atoms with E-state index in [4.69, 9.17) is 5.11 Å². The smallest absolute Gasteiger partial charge is 0.214 e. The maximum absolute atomic E-state index is 11.9. The van der Waals surface area contributed by atoms with Crippen molar-refractivity contribution in [1.29, 1.82) is 0 Å². The number of aliphatic hydroxyl groups excluding tert-OH is 1. The predicted molar refractivity (Wildman–Crippen MR) is 64.9 cm³/mol. The Hall–Kier alpha value is -0.180. The molecular weight excluding hydrogens is 266 g/mol. The van der Waals surface area contributed by atoms with Crippen LogP contribution in [-0.4, -0.2) is 63.2 Å². The maximum atomic E-state index is 11.9. The molecule has 0 saturated carbocycles. The van der Waals surface area contributed by atoms with Gasteiger partial charge in [-0.1, -0.05) is 0 Å². The lowest BCUT2D eigenvalue weighted by atomic mass is 10.3. The van der Waals surface area contributed by atoms with E-state index >= 15 is 0 Å². The highest BCUT2D eigenvalue weighted by atomic mass is 32.2. The molecule has 1 saturated heterocycles. The first-order valence-electron chi connectivity index (χ1n) is 5.55. The molecule has 8 heteroatoms. The van der Waals surface area contributed by atoms with Gasteiger partial charge >= 0.3 is 0 Å². The van der Waals surface area contributed by atoms with Gasteiger partial charge in [-0.05, 0) is 19.3 Å². The van der Waals surface area contributed by atoms with Crippen molar-refractivity contribution in [3.8, 4) is 0 Å². The SMILES string of the molecule is CN(C1CCS(=O)(=O)C1)S(=O)(=O)CCCCO. The molecule has 1 N–H and O–H groups in total. The molecule has 0 aromatic rings. The Morgan fingerprint density at radius 3 is 2.47 bits per heavy atom. The van der Waals surface area contributed by atoms with Gasteiger partial charge in [-0.25, -0.2) is 21.1 Å². The molecule has 1 rings (SSSR count). The van der Waals surface area contributed by atoms with Gasteiger partial charge in [0.2, 0.25) is 10.0 Å². The van der Waals surface area contributed by atoms with Crippen LogP contribution < -0.4 is 0 Å². The summed E-state index contributed by atoms with van der Waals surface area (Å²) in [7, 11) is -5.05. The average Bonchev–Trinajstić information content (AvgIpc) is 2.58. The molecule has 1 heterocycles. The first-order valence-corrected chi connectivity index (χ1v) is 8.98. The van der Waals surface area contributed by atoms with E-state index in [9.17, 15) is 16.8 Å². The maximum Gasteiger partial charge on any atom is 0.214 e. The first-order chi connectivity index (χ1) is 7.78. The van der Waals surface area contributed by atoms with E-state index in [2.05, 4.69) is 0 Å². The van der Waals surface area contributed by atoms with Crippen molar-refractivity contribution in [2.45, 2.75) is 25.3 Å². The summed E-state index contributed by atoms with van der Waals surface area (Å²) in [5.41, 5.74) is 0. The molecule has 102 valence electrons. The van der Waals surface area contributed by atoms with Crippen LogP contribution in [0, 0.1) is 0 Å². The van der Waals surface area contributed by atoms with E-state index in [1.807, 2.05) is 0 Å². The second kappa shape index (κ2) is 5.64. The van der Waals surface area contributed by atoms with Crippen LogP contribution >= 0.6 is 0 Å². The predicted octanol–water partition coefficient (Wildman–Crippen LogP) is -0.792. The van der Waals surface area contributed by atoms with Crippen molar-refractivity contribution in [1.82, 2.24) is 4.31 Å². The number of rotatable bonds is 6. The number of unbranched alkanes of at least 4 members (excludes halogenated alkanes) is 1. The number of nitrogens with zero attached hydrogens (tertiary/aromatic N) is 1. The molecule has 0 radical (unpaired) electrons. The average molecular weight is 285 g/mol. The van der Waals surface area contributed by atoms with E-state index in [0.29, 0.717) is 19.3 Å². The molecule has 1 atom stereocenters. The second-order valence-corrected chi connectivity index (χ2v) is 8.70. The minimum atomic E-state index is -3.41. The summed E-state index contributed by atoms with van der Waals surface area (Å²) in [6.45, 7) is -0.0307. The third kappa shape index (κ3) is 4.20. The summed E-state index contributed by atoms with van der Waals surface area (Å²) in [5, 5.41) is 8.59.